The van der Waals surface area contributed by atoms with Crippen LogP contribution < -0.4 is 0 Å². The minimum atomic E-state index is 0.343. The molecule has 0 unspecified atom stereocenters. The van der Waals surface area contributed by atoms with Crippen molar-refractivity contribution >= 4 is 5.78 Å². The van der Waals surface area contributed by atoms with Crippen LogP contribution in [0.5, 0.6) is 0 Å². The molecule has 0 aromatic rings. The van der Waals surface area contributed by atoms with Crippen molar-refractivity contribution in [1.29, 1.82) is 5.26 Å². The summed E-state index contributed by atoms with van der Waals surface area (Å²) in [5, 5.41) is 7.62. The number of nitrogens with zero attached hydrogens (tertiary/aromatic N) is 1. The second-order valence-electron chi connectivity index (χ2n) is 1.76. The molecule has 0 amide bonds. The number of rotatable bonds is 2. The Morgan fingerprint density at radius 1 is 1.30 bits per heavy atom. The molecule has 0 spiro atoms. The van der Waals surface area contributed by atoms with Gasteiger partial charge in [0, 0.05) is 19.3 Å². The highest BCUT2D eigenvalue weighted by atomic mass is 16.1. The first-order valence-corrected chi connectivity index (χ1v) is 3.61. The third kappa shape index (κ3) is 15.7. The summed E-state index contributed by atoms with van der Waals surface area (Å²) in [6, 6.07) is 1.93. The summed E-state index contributed by atoms with van der Waals surface area (Å²) in [7, 11) is 0. The number of nitriles is 1. The Morgan fingerprint density at radius 2 is 1.60 bits per heavy atom. The van der Waals surface area contributed by atoms with Crippen molar-refractivity contribution < 1.29 is 4.79 Å². The molecule has 0 heterocycles. The molecule has 0 N–H and O–H groups in total. The Morgan fingerprint density at radius 3 is 1.60 bits per heavy atom. The zero-order chi connectivity index (χ0) is 8.41. The van der Waals surface area contributed by atoms with E-state index in [2.05, 4.69) is 0 Å². The molecule has 10 heavy (non-hydrogen) atoms. The van der Waals surface area contributed by atoms with Crippen molar-refractivity contribution in [2.24, 2.45) is 0 Å². The van der Waals surface area contributed by atoms with Crippen molar-refractivity contribution in [3.05, 3.63) is 0 Å². The molecule has 0 aromatic carbocycles. The lowest BCUT2D eigenvalue weighted by atomic mass is 10.3. The highest BCUT2D eigenvalue weighted by Crippen LogP contribution is 1.83. The zero-order valence-electron chi connectivity index (χ0n) is 6.98. The molecule has 0 saturated heterocycles. The molecule has 0 aliphatic carbocycles. The molecule has 0 aromatic heterocycles. The van der Waals surface area contributed by atoms with Gasteiger partial charge in [-0.15, -0.1) is 0 Å². The van der Waals surface area contributed by atoms with Gasteiger partial charge in [-0.2, -0.15) is 5.26 Å². The van der Waals surface area contributed by atoms with Gasteiger partial charge in [-0.25, -0.2) is 0 Å². The molecule has 0 aliphatic rings. The van der Waals surface area contributed by atoms with Gasteiger partial charge in [0.2, 0.25) is 0 Å². The summed E-state index contributed by atoms with van der Waals surface area (Å²) < 4.78 is 0. The summed E-state index contributed by atoms with van der Waals surface area (Å²) in [6.45, 7) is 5.58. The van der Waals surface area contributed by atoms with Crippen molar-refractivity contribution in [1.82, 2.24) is 0 Å². The van der Waals surface area contributed by atoms with Gasteiger partial charge in [-0.3, -0.25) is 4.79 Å². The van der Waals surface area contributed by atoms with Crippen LogP contribution in [-0.4, -0.2) is 5.78 Å². The van der Waals surface area contributed by atoms with Crippen LogP contribution in [0.3, 0.4) is 0 Å². The van der Waals surface area contributed by atoms with E-state index in [0.717, 1.165) is 0 Å². The maximum Gasteiger partial charge on any atom is 0.132 e. The largest absolute Gasteiger partial charge is 0.300 e. The summed E-state index contributed by atoms with van der Waals surface area (Å²) in [5.41, 5.74) is 0. The lowest BCUT2D eigenvalue weighted by Gasteiger charge is -1.81. The van der Waals surface area contributed by atoms with E-state index in [4.69, 9.17) is 5.26 Å². The molecule has 2 nitrogen and oxygen atoms in total. The lowest BCUT2D eigenvalue weighted by Crippen LogP contribution is -1.88. The van der Waals surface area contributed by atoms with Gasteiger partial charge >= 0.3 is 0 Å². The highest BCUT2D eigenvalue weighted by Gasteiger charge is 1.86. The maximum absolute atomic E-state index is 10.2. The van der Waals surface area contributed by atoms with Crippen LogP contribution in [0.1, 0.15) is 40.0 Å². The van der Waals surface area contributed by atoms with Crippen molar-refractivity contribution in [2.45, 2.75) is 40.0 Å². The normalized spacial score (nSPS) is 7.00. The predicted molar refractivity (Wildman–Crippen MR) is 41.5 cm³/mol. The topological polar surface area (TPSA) is 40.9 Å². The second-order valence-corrected chi connectivity index (χ2v) is 1.76. The van der Waals surface area contributed by atoms with E-state index in [1.807, 2.05) is 26.8 Å². The third-order valence-corrected chi connectivity index (χ3v) is 0.947. The quantitative estimate of drug-likeness (QED) is 0.592. The molecule has 58 valence electrons. The van der Waals surface area contributed by atoms with Gasteiger partial charge in [-0.1, -0.05) is 20.8 Å². The van der Waals surface area contributed by atoms with E-state index in [1.165, 1.54) is 0 Å². The van der Waals surface area contributed by atoms with Crippen LogP contribution in [0.2, 0.25) is 0 Å². The van der Waals surface area contributed by atoms with E-state index in [1.54, 1.807) is 0 Å². The van der Waals surface area contributed by atoms with Gasteiger partial charge < -0.3 is 0 Å². The SMILES string of the molecule is CCC#N.CCC(=O)CC. The molecular formula is C8H15NO. The van der Waals surface area contributed by atoms with Crippen LogP contribution in [0, 0.1) is 11.3 Å². The fourth-order valence-electron chi connectivity index (χ4n) is 0.250. The van der Waals surface area contributed by atoms with Crippen LogP contribution >= 0.6 is 0 Å². The number of ketones is 1. The van der Waals surface area contributed by atoms with Gasteiger partial charge in [0.15, 0.2) is 0 Å². The molecule has 0 atom stereocenters. The number of carbonyl (C=O) groups excluding carboxylic acids is 1. The average molecular weight is 141 g/mol. The number of Topliss-reactive ketones (excluding diaryl/α,β-unsaturated/α-hetero) is 1. The predicted octanol–water partition coefficient (Wildman–Crippen LogP) is 2.30. The summed E-state index contributed by atoms with van der Waals surface area (Å²) in [5.74, 6) is 0.343. The average Bonchev–Trinajstić information content (AvgIpc) is 2.03. The molecule has 2 heteroatoms. The second kappa shape index (κ2) is 11.0. The van der Waals surface area contributed by atoms with Crippen molar-refractivity contribution in [2.75, 3.05) is 0 Å². The molecular weight excluding hydrogens is 126 g/mol. The summed E-state index contributed by atoms with van der Waals surface area (Å²) in [6.07, 6.45) is 2.01. The number of hydrogen-bond acceptors (Lipinski definition) is 2. The van der Waals surface area contributed by atoms with Crippen molar-refractivity contribution in [3.63, 3.8) is 0 Å². The minimum absolute atomic E-state index is 0.343. The van der Waals surface area contributed by atoms with Crippen LogP contribution in [0.15, 0.2) is 0 Å². The van der Waals surface area contributed by atoms with E-state index in [0.29, 0.717) is 25.0 Å². The molecule has 0 radical (unpaired) electrons. The van der Waals surface area contributed by atoms with E-state index in [-0.39, 0.29) is 0 Å². The van der Waals surface area contributed by atoms with E-state index >= 15 is 0 Å². The third-order valence-electron chi connectivity index (χ3n) is 0.947. The fourth-order valence-corrected chi connectivity index (χ4v) is 0.250. The Kier molecular flexibility index (Phi) is 13.1. The molecule has 0 bridgehead atoms. The summed E-state index contributed by atoms with van der Waals surface area (Å²) in [4.78, 5) is 10.2. The zero-order valence-corrected chi connectivity index (χ0v) is 6.98. The Balaban J connectivity index is 0. The first-order valence-electron chi connectivity index (χ1n) is 3.61. The van der Waals surface area contributed by atoms with E-state index < -0.39 is 0 Å². The standard InChI is InChI=1S/C5H10O.C3H5N/c1-3-5(6)4-2;1-2-3-4/h3-4H2,1-2H3;2H2,1H3. The Labute approximate surface area is 62.9 Å². The maximum atomic E-state index is 10.2. The fraction of sp³-hybridized carbons (Fsp3) is 0.750. The minimum Gasteiger partial charge on any atom is -0.300 e. The number of hydrogen-bond donors (Lipinski definition) is 0. The highest BCUT2D eigenvalue weighted by molar-refractivity contribution is 5.77. The summed E-state index contributed by atoms with van der Waals surface area (Å²) >= 11 is 0. The first kappa shape index (κ1) is 11.9. The lowest BCUT2D eigenvalue weighted by molar-refractivity contribution is -0.118. The van der Waals surface area contributed by atoms with Crippen molar-refractivity contribution in [3.8, 4) is 6.07 Å². The van der Waals surface area contributed by atoms with Crippen LogP contribution in [-0.2, 0) is 4.79 Å². The van der Waals surface area contributed by atoms with Crippen LogP contribution in [0.4, 0.5) is 0 Å². The molecule has 0 aliphatic heterocycles. The molecule has 0 rings (SSSR count). The van der Waals surface area contributed by atoms with Gasteiger partial charge in [-0.05, 0) is 0 Å². The Bertz CT molecular complexity index is 107. The first-order chi connectivity index (χ1) is 4.72. The van der Waals surface area contributed by atoms with Gasteiger partial charge in [0.25, 0.3) is 0 Å². The van der Waals surface area contributed by atoms with Gasteiger partial charge in [0.1, 0.15) is 5.78 Å². The number of carbonyl (C=O) groups is 1. The van der Waals surface area contributed by atoms with E-state index in [9.17, 15) is 4.79 Å². The smallest absolute Gasteiger partial charge is 0.132 e. The monoisotopic (exact) mass is 141 g/mol. The van der Waals surface area contributed by atoms with Gasteiger partial charge in [0.05, 0.1) is 6.07 Å². The van der Waals surface area contributed by atoms with Crippen LogP contribution in [0.25, 0.3) is 0 Å². The Hall–Kier alpha value is -0.840. The molecule has 0 fully saturated rings. The molecule has 0 saturated carbocycles.